The van der Waals surface area contributed by atoms with E-state index in [4.69, 9.17) is 0 Å². The number of hydrogen-bond acceptors (Lipinski definition) is 2. The number of nitrogens with zero attached hydrogens (tertiary/aromatic N) is 2. The summed E-state index contributed by atoms with van der Waals surface area (Å²) >= 11 is 0. The van der Waals surface area contributed by atoms with Crippen LogP contribution in [0.5, 0.6) is 0 Å². The summed E-state index contributed by atoms with van der Waals surface area (Å²) < 4.78 is 52.2. The molecule has 2 aliphatic carbocycles. The van der Waals surface area contributed by atoms with Gasteiger partial charge in [-0.2, -0.15) is 12.2 Å². The summed E-state index contributed by atoms with van der Waals surface area (Å²) in [5.74, 6) is -4.06. The Morgan fingerprint density at radius 3 is 1.23 bits per heavy atom. The van der Waals surface area contributed by atoms with E-state index in [0.717, 1.165) is 25.0 Å². The molecule has 0 aliphatic heterocycles. The van der Waals surface area contributed by atoms with E-state index in [9.17, 15) is 27.2 Å². The molecule has 2 aromatic rings. The quantitative estimate of drug-likeness (QED) is 0.184. The van der Waals surface area contributed by atoms with Crippen LogP contribution in [0.15, 0.2) is 60.7 Å². The Morgan fingerprint density at radius 2 is 1.05 bits per heavy atom. The van der Waals surface area contributed by atoms with Gasteiger partial charge in [0, 0.05) is 48.2 Å². The number of allylic oxidation sites excluding steroid dienone is 8. The number of halogens is 4. The third-order valence-electron chi connectivity index (χ3n) is 5.59. The summed E-state index contributed by atoms with van der Waals surface area (Å²) in [5.41, 5.74) is 0.144. The second-order valence-electron chi connectivity index (χ2n) is 9.49. The van der Waals surface area contributed by atoms with Crippen molar-refractivity contribution in [3.05, 3.63) is 108 Å². The van der Waals surface area contributed by atoms with Crippen molar-refractivity contribution in [2.45, 2.75) is 54.4 Å². The summed E-state index contributed by atoms with van der Waals surface area (Å²) in [6, 6.07) is 8.53. The van der Waals surface area contributed by atoms with Crippen molar-refractivity contribution < 1.29 is 48.9 Å². The first-order valence-corrected chi connectivity index (χ1v) is 13.7. The van der Waals surface area contributed by atoms with E-state index in [-0.39, 0.29) is 56.7 Å². The summed E-state index contributed by atoms with van der Waals surface area (Å²) in [7, 11) is 0. The van der Waals surface area contributed by atoms with E-state index >= 15 is 0 Å². The van der Waals surface area contributed by atoms with Crippen molar-refractivity contribution in [1.82, 2.24) is 0 Å². The molecule has 0 heterocycles. The molecule has 0 fully saturated rings. The van der Waals surface area contributed by atoms with Crippen LogP contribution in [0.4, 0.5) is 28.9 Å². The number of carbonyl (C=O) groups excluding carboxylic acids is 2. The Hall–Kier alpha value is -3.23. The average molecular weight is 631 g/mol. The van der Waals surface area contributed by atoms with Gasteiger partial charge >= 0.3 is 21.7 Å². The third kappa shape index (κ3) is 14.2. The fraction of sp³-hybridized carbons (Fsp3) is 0.353. The molecule has 43 heavy (non-hydrogen) atoms. The van der Waals surface area contributed by atoms with Gasteiger partial charge < -0.3 is 9.80 Å². The van der Waals surface area contributed by atoms with Gasteiger partial charge in [0.1, 0.15) is 0 Å². The molecule has 0 atom stereocenters. The number of hydrogen-bond donors (Lipinski definition) is 0. The van der Waals surface area contributed by atoms with Crippen molar-refractivity contribution in [3.63, 3.8) is 0 Å². The number of rotatable bonds is 6. The molecule has 0 bridgehead atoms. The van der Waals surface area contributed by atoms with Gasteiger partial charge in [-0.3, -0.25) is 21.7 Å². The molecule has 0 saturated heterocycles. The molecule has 0 unspecified atom stereocenters. The van der Waals surface area contributed by atoms with E-state index in [1.807, 2.05) is 36.4 Å². The fourth-order valence-corrected chi connectivity index (χ4v) is 3.48. The van der Waals surface area contributed by atoms with E-state index in [2.05, 4.69) is 24.3 Å². The molecule has 0 N–H and O–H groups in total. The Balaban J connectivity index is 0.000000608. The molecule has 2 amide bonds. The second kappa shape index (κ2) is 21.5. The van der Waals surface area contributed by atoms with Crippen LogP contribution in [0.3, 0.4) is 0 Å². The van der Waals surface area contributed by atoms with Gasteiger partial charge in [0.15, 0.2) is 0 Å². The maximum atomic E-state index is 13.4. The van der Waals surface area contributed by atoms with Crippen LogP contribution in [0.1, 0.15) is 54.4 Å². The van der Waals surface area contributed by atoms with E-state index in [0.29, 0.717) is 13.1 Å². The van der Waals surface area contributed by atoms with Crippen LogP contribution in [0.25, 0.3) is 0 Å². The van der Waals surface area contributed by atoms with Crippen LogP contribution < -0.4 is 9.80 Å². The molecule has 228 valence electrons. The zero-order chi connectivity index (χ0) is 31.7. The standard InChI is InChI=1S/2C12H14F2NO.2C5H5.Ti/c2*1-4-15(12(16)8(2)3)11-6-5-9(13)7-10(11)14;2*1-2-4-5-3-1;/h2*5-6,8H,4H2,1-3H3;2*1-3H,4H2;/q4*-1;+4. The topological polar surface area (TPSA) is 40.6 Å². The zero-order valence-corrected chi connectivity index (χ0v) is 27.0. The van der Waals surface area contributed by atoms with Gasteiger partial charge in [0.25, 0.3) is 0 Å². The minimum atomic E-state index is -0.837. The van der Waals surface area contributed by atoms with E-state index in [1.54, 1.807) is 41.5 Å². The van der Waals surface area contributed by atoms with Crippen molar-refractivity contribution in [2.24, 2.45) is 11.8 Å². The minimum Gasteiger partial charge on any atom is -0.364 e. The maximum Gasteiger partial charge on any atom is 4.00 e. The van der Waals surface area contributed by atoms with Crippen LogP contribution >= 0.6 is 0 Å². The number of amides is 2. The van der Waals surface area contributed by atoms with Crippen LogP contribution in [-0.2, 0) is 31.3 Å². The number of carbonyl (C=O) groups is 2. The molecule has 0 spiro atoms. The molecule has 0 radical (unpaired) electrons. The smallest absolute Gasteiger partial charge is 0.364 e. The molecule has 4 rings (SSSR count). The Bertz CT molecular complexity index is 1160. The Morgan fingerprint density at radius 1 is 0.698 bits per heavy atom. The second-order valence-corrected chi connectivity index (χ2v) is 9.49. The van der Waals surface area contributed by atoms with Crippen LogP contribution in [0.2, 0.25) is 0 Å². The molecule has 2 aromatic carbocycles. The summed E-state index contributed by atoms with van der Waals surface area (Å²) in [4.78, 5) is 26.1. The molecule has 0 aromatic heterocycles. The first-order chi connectivity index (χ1) is 19.9. The van der Waals surface area contributed by atoms with E-state index < -0.39 is 23.3 Å². The normalized spacial score (nSPS) is 12.0. The fourth-order valence-electron chi connectivity index (χ4n) is 3.48. The number of benzene rings is 2. The third-order valence-corrected chi connectivity index (χ3v) is 5.59. The van der Waals surface area contributed by atoms with Gasteiger partial charge in [-0.25, -0.2) is 41.9 Å². The van der Waals surface area contributed by atoms with Crippen molar-refractivity contribution in [3.8, 4) is 0 Å². The summed E-state index contributed by atoms with van der Waals surface area (Å²) in [6.07, 6.45) is 20.0. The van der Waals surface area contributed by atoms with Gasteiger partial charge in [0.05, 0.1) is 0 Å². The van der Waals surface area contributed by atoms with Crippen LogP contribution in [0, 0.1) is 59.4 Å². The van der Waals surface area contributed by atoms with Crippen LogP contribution in [-0.4, -0.2) is 24.9 Å². The minimum absolute atomic E-state index is 0. The van der Waals surface area contributed by atoms with Gasteiger partial charge in [-0.1, -0.05) is 27.7 Å². The maximum absolute atomic E-state index is 13.4. The molecular weight excluding hydrogens is 592 g/mol. The number of anilines is 2. The average Bonchev–Trinajstić information content (AvgIpc) is 3.72. The van der Waals surface area contributed by atoms with Gasteiger partial charge in [0.2, 0.25) is 11.8 Å². The Kier molecular flexibility index (Phi) is 19.9. The molecule has 2 aliphatic rings. The zero-order valence-electron chi connectivity index (χ0n) is 25.5. The van der Waals surface area contributed by atoms with Crippen molar-refractivity contribution in [2.75, 3.05) is 22.9 Å². The molecule has 9 heteroatoms. The van der Waals surface area contributed by atoms with Gasteiger partial charge in [-0.15, -0.1) is 49.2 Å². The molecule has 4 nitrogen and oxygen atoms in total. The SMILES string of the molecule is CCN(C(=O)C(C)C)c1ccc(F)[c-]c1F.CCN(C(=O)C(C)C)c1ccc(F)[c-]c1F.[C-]1=CC=CC1.[C-]1=CC=CC1.[Ti+4]. The molecule has 0 saturated carbocycles. The van der Waals surface area contributed by atoms with Crippen molar-refractivity contribution in [1.29, 1.82) is 0 Å². The predicted octanol–water partition coefficient (Wildman–Crippen LogP) is 8.16. The van der Waals surface area contributed by atoms with Gasteiger partial charge in [-0.05, 0) is 25.2 Å². The Labute approximate surface area is 268 Å². The first kappa shape index (κ1) is 39.8. The first-order valence-electron chi connectivity index (χ1n) is 13.7. The summed E-state index contributed by atoms with van der Waals surface area (Å²) in [6.45, 7) is 11.1. The molecular formula is C34H38F4N2O2Ti. The van der Waals surface area contributed by atoms with E-state index in [1.165, 1.54) is 21.9 Å². The summed E-state index contributed by atoms with van der Waals surface area (Å²) in [5, 5.41) is 0. The largest absolute Gasteiger partial charge is 4.00 e. The monoisotopic (exact) mass is 630 g/mol. The van der Waals surface area contributed by atoms with Crippen molar-refractivity contribution >= 4 is 23.2 Å². The predicted molar refractivity (Wildman–Crippen MR) is 159 cm³/mol.